The third kappa shape index (κ3) is 2.78. The Hall–Kier alpha value is -2.83. The highest BCUT2D eigenvalue weighted by Gasteiger charge is 2.20. The van der Waals surface area contributed by atoms with E-state index in [1.54, 1.807) is 12.1 Å². The smallest absolute Gasteiger partial charge is 0.266 e. The van der Waals surface area contributed by atoms with Crippen LogP contribution in [0.15, 0.2) is 53.3 Å². The lowest BCUT2D eigenvalue weighted by Crippen LogP contribution is -2.26. The zero-order valence-electron chi connectivity index (χ0n) is 14.6. The van der Waals surface area contributed by atoms with Gasteiger partial charge in [0.25, 0.3) is 5.56 Å². The molecule has 6 heteroatoms. The monoisotopic (exact) mass is 377 g/mol. The summed E-state index contributed by atoms with van der Waals surface area (Å²) in [6.07, 6.45) is 1.00. The molecule has 0 aliphatic carbocycles. The van der Waals surface area contributed by atoms with E-state index in [1.807, 2.05) is 18.2 Å². The molecule has 1 saturated heterocycles. The molecule has 0 saturated carbocycles. The van der Waals surface area contributed by atoms with Crippen LogP contribution in [0.4, 0.5) is 5.69 Å². The third-order valence-corrected chi connectivity index (χ3v) is 6.40. The summed E-state index contributed by atoms with van der Waals surface area (Å²) in [4.78, 5) is 18.9. The average molecular weight is 377 g/mol. The Morgan fingerprint density at radius 3 is 2.67 bits per heavy atom. The number of aromatic nitrogens is 1. The van der Waals surface area contributed by atoms with E-state index in [0.717, 1.165) is 56.6 Å². The molecule has 0 radical (unpaired) electrons. The highest BCUT2D eigenvalue weighted by Crippen LogP contribution is 2.36. The maximum absolute atomic E-state index is 12.6. The van der Waals surface area contributed by atoms with Gasteiger partial charge >= 0.3 is 0 Å². The number of benzene rings is 2. The van der Waals surface area contributed by atoms with Crippen molar-refractivity contribution in [1.82, 2.24) is 4.98 Å². The van der Waals surface area contributed by atoms with Gasteiger partial charge in [0.1, 0.15) is 10.4 Å². The number of H-pyrrole nitrogens is 1. The van der Waals surface area contributed by atoms with Crippen molar-refractivity contribution in [2.75, 3.05) is 18.0 Å². The number of rotatable bonds is 2. The highest BCUT2D eigenvalue weighted by molar-refractivity contribution is 7.22. The minimum absolute atomic E-state index is 0.0662. The van der Waals surface area contributed by atoms with Gasteiger partial charge in [0, 0.05) is 46.0 Å². The number of anilines is 1. The van der Waals surface area contributed by atoms with Crippen LogP contribution in [0.3, 0.4) is 0 Å². The van der Waals surface area contributed by atoms with E-state index in [2.05, 4.69) is 28.1 Å². The minimum Gasteiger partial charge on any atom is -0.508 e. The average Bonchev–Trinajstić information content (AvgIpc) is 3.29. The standard InChI is InChI=1S/C21H19N3O2S/c22-13-7-8-24(11-13)14-3-6-18-16(9-14)17-10-19(27-20(17)21(26)23-18)12-1-4-15(25)5-2-12/h1-6,9-10,13,25H,7-8,11,22H2,(H,23,26). The number of phenols is 1. The Balaban J connectivity index is 1.69. The van der Waals surface area contributed by atoms with Crippen LogP contribution in [-0.2, 0) is 0 Å². The van der Waals surface area contributed by atoms with Gasteiger partial charge in [-0.1, -0.05) is 0 Å². The molecule has 4 N–H and O–H groups in total. The minimum atomic E-state index is -0.0662. The van der Waals surface area contributed by atoms with E-state index in [1.165, 1.54) is 11.3 Å². The molecule has 1 unspecified atom stereocenters. The third-order valence-electron chi connectivity index (χ3n) is 5.22. The van der Waals surface area contributed by atoms with Crippen molar-refractivity contribution in [2.45, 2.75) is 12.5 Å². The van der Waals surface area contributed by atoms with Crippen LogP contribution in [0.1, 0.15) is 6.42 Å². The zero-order chi connectivity index (χ0) is 18.5. The van der Waals surface area contributed by atoms with Crippen LogP contribution >= 0.6 is 11.3 Å². The quantitative estimate of drug-likeness (QED) is 0.498. The number of phenolic OH excluding ortho intramolecular Hbond substituents is 1. The first kappa shape index (κ1) is 16.4. The van der Waals surface area contributed by atoms with Crippen molar-refractivity contribution < 1.29 is 5.11 Å². The molecule has 0 amide bonds. The molecule has 1 atom stereocenters. The summed E-state index contributed by atoms with van der Waals surface area (Å²) in [7, 11) is 0. The van der Waals surface area contributed by atoms with Crippen molar-refractivity contribution in [1.29, 1.82) is 0 Å². The van der Waals surface area contributed by atoms with Gasteiger partial charge in [0.2, 0.25) is 0 Å². The second-order valence-electron chi connectivity index (χ2n) is 7.08. The SMILES string of the molecule is NC1CCN(c2ccc3[nH]c(=O)c4sc(-c5ccc(O)cc5)cc4c3c2)C1. The molecule has 136 valence electrons. The number of nitrogens with two attached hydrogens (primary N) is 1. The molecule has 2 aromatic heterocycles. The van der Waals surface area contributed by atoms with Crippen molar-refractivity contribution in [3.8, 4) is 16.2 Å². The maximum atomic E-state index is 12.6. The number of aromatic amines is 1. The number of hydrogen-bond acceptors (Lipinski definition) is 5. The van der Waals surface area contributed by atoms with E-state index in [-0.39, 0.29) is 17.4 Å². The highest BCUT2D eigenvalue weighted by atomic mass is 32.1. The normalized spacial score (nSPS) is 17.2. The number of thiophene rings is 1. The Bertz CT molecular complexity index is 1210. The summed E-state index contributed by atoms with van der Waals surface area (Å²) < 4.78 is 0.723. The fourth-order valence-corrected chi connectivity index (χ4v) is 4.86. The number of nitrogens with zero attached hydrogens (tertiary/aromatic N) is 1. The Kier molecular flexibility index (Phi) is 3.70. The first-order chi connectivity index (χ1) is 13.1. The van der Waals surface area contributed by atoms with E-state index in [9.17, 15) is 9.90 Å². The van der Waals surface area contributed by atoms with Crippen LogP contribution in [0.5, 0.6) is 5.75 Å². The fourth-order valence-electron chi connectivity index (χ4n) is 3.79. The van der Waals surface area contributed by atoms with Crippen LogP contribution in [0.25, 0.3) is 31.4 Å². The van der Waals surface area contributed by atoms with Gasteiger partial charge in [-0.25, -0.2) is 0 Å². The molecule has 0 spiro atoms. The van der Waals surface area contributed by atoms with Crippen molar-refractivity contribution in [2.24, 2.45) is 5.73 Å². The Morgan fingerprint density at radius 2 is 1.93 bits per heavy atom. The number of aromatic hydroxyl groups is 1. The van der Waals surface area contributed by atoms with E-state index in [4.69, 9.17) is 5.73 Å². The molecule has 1 fully saturated rings. The van der Waals surface area contributed by atoms with Gasteiger partial charge in [-0.15, -0.1) is 11.3 Å². The molecule has 4 aromatic rings. The molecular formula is C21H19N3O2S. The molecule has 1 aliphatic rings. The van der Waals surface area contributed by atoms with Crippen LogP contribution in [0.2, 0.25) is 0 Å². The summed E-state index contributed by atoms with van der Waals surface area (Å²) in [5, 5.41) is 11.5. The predicted molar refractivity (Wildman–Crippen MR) is 112 cm³/mol. The Labute approximate surface area is 159 Å². The van der Waals surface area contributed by atoms with Gasteiger partial charge in [-0.05, 0) is 60.5 Å². The summed E-state index contributed by atoms with van der Waals surface area (Å²) >= 11 is 1.48. The molecular weight excluding hydrogens is 358 g/mol. The summed E-state index contributed by atoms with van der Waals surface area (Å²) in [5.74, 6) is 0.233. The first-order valence-electron chi connectivity index (χ1n) is 8.98. The lowest BCUT2D eigenvalue weighted by atomic mass is 10.1. The lowest BCUT2D eigenvalue weighted by Gasteiger charge is -2.18. The second kappa shape index (κ2) is 6.11. The molecule has 1 aliphatic heterocycles. The molecule has 27 heavy (non-hydrogen) atoms. The number of pyridine rings is 1. The number of hydrogen-bond donors (Lipinski definition) is 3. The molecule has 0 bridgehead atoms. The molecule has 2 aromatic carbocycles. The lowest BCUT2D eigenvalue weighted by molar-refractivity contribution is 0.475. The molecule has 3 heterocycles. The maximum Gasteiger partial charge on any atom is 0.266 e. The number of nitrogens with one attached hydrogen (secondary N) is 1. The molecule has 5 rings (SSSR count). The van der Waals surface area contributed by atoms with Crippen LogP contribution in [-0.4, -0.2) is 29.2 Å². The van der Waals surface area contributed by atoms with Gasteiger partial charge in [0.05, 0.1) is 0 Å². The van der Waals surface area contributed by atoms with Crippen LogP contribution in [0, 0.1) is 0 Å². The second-order valence-corrected chi connectivity index (χ2v) is 8.13. The predicted octanol–water partition coefficient (Wildman–Crippen LogP) is 3.65. The largest absolute Gasteiger partial charge is 0.508 e. The van der Waals surface area contributed by atoms with Gasteiger partial charge in [0.15, 0.2) is 0 Å². The summed E-state index contributed by atoms with van der Waals surface area (Å²) in [6, 6.07) is 15.5. The van der Waals surface area contributed by atoms with Gasteiger partial charge in [-0.3, -0.25) is 4.79 Å². The Morgan fingerprint density at radius 1 is 1.11 bits per heavy atom. The van der Waals surface area contributed by atoms with E-state index >= 15 is 0 Å². The summed E-state index contributed by atoms with van der Waals surface area (Å²) in [5.41, 5.74) is 8.96. The number of fused-ring (bicyclic) bond motifs is 3. The van der Waals surface area contributed by atoms with Gasteiger partial charge < -0.3 is 20.7 Å². The van der Waals surface area contributed by atoms with Crippen molar-refractivity contribution in [3.63, 3.8) is 0 Å². The van der Waals surface area contributed by atoms with Gasteiger partial charge in [-0.2, -0.15) is 0 Å². The summed E-state index contributed by atoms with van der Waals surface area (Å²) in [6.45, 7) is 1.82. The van der Waals surface area contributed by atoms with Crippen molar-refractivity contribution >= 4 is 38.0 Å². The topological polar surface area (TPSA) is 82.3 Å². The van der Waals surface area contributed by atoms with Crippen LogP contribution < -0.4 is 16.2 Å². The molecule has 5 nitrogen and oxygen atoms in total. The van der Waals surface area contributed by atoms with E-state index in [0.29, 0.717) is 0 Å². The van der Waals surface area contributed by atoms with E-state index < -0.39 is 0 Å². The zero-order valence-corrected chi connectivity index (χ0v) is 15.4. The first-order valence-corrected chi connectivity index (χ1v) is 9.80. The van der Waals surface area contributed by atoms with Crippen molar-refractivity contribution in [3.05, 3.63) is 58.9 Å². The fraction of sp³-hybridized carbons (Fsp3) is 0.190.